The van der Waals surface area contributed by atoms with E-state index < -0.39 is 0 Å². The minimum Gasteiger partial charge on any atom is -0.278 e. The highest BCUT2D eigenvalue weighted by Gasteiger charge is 2.67. The Morgan fingerprint density at radius 3 is 2.21 bits per heavy atom. The molecule has 4 rings (SSSR count). The average molecular weight is 323 g/mol. The van der Waals surface area contributed by atoms with Gasteiger partial charge in [-0.25, -0.2) is 0 Å². The van der Waals surface area contributed by atoms with E-state index in [1.165, 1.54) is 17.7 Å². The van der Waals surface area contributed by atoms with Gasteiger partial charge in [0, 0.05) is 5.92 Å². The van der Waals surface area contributed by atoms with E-state index in [9.17, 15) is 9.59 Å². The van der Waals surface area contributed by atoms with Crippen molar-refractivity contribution in [3.8, 4) is 0 Å². The van der Waals surface area contributed by atoms with Crippen molar-refractivity contribution in [2.24, 2.45) is 29.1 Å². The average Bonchev–Trinajstić information content (AvgIpc) is 3.17. The molecular formula is C21H25NO2. The lowest BCUT2D eigenvalue weighted by atomic mass is 9.83. The fraction of sp³-hybridized carbons (Fsp3) is 0.524. The van der Waals surface area contributed by atoms with E-state index in [2.05, 4.69) is 19.1 Å². The van der Waals surface area contributed by atoms with Crippen LogP contribution >= 0.6 is 0 Å². The Bertz CT molecular complexity index is 736. The van der Waals surface area contributed by atoms with E-state index in [0.29, 0.717) is 23.2 Å². The molecule has 3 aliphatic carbocycles. The molecule has 0 N–H and O–H groups in total. The number of hydrogen-bond donors (Lipinski definition) is 0. The van der Waals surface area contributed by atoms with Gasteiger partial charge in [-0.15, -0.1) is 0 Å². The second kappa shape index (κ2) is 5.05. The highest BCUT2D eigenvalue weighted by atomic mass is 16.2. The number of nitrogens with zero attached hydrogens (tertiary/aromatic N) is 1. The molecule has 3 heteroatoms. The largest absolute Gasteiger partial charge is 0.278 e. The van der Waals surface area contributed by atoms with Gasteiger partial charge in [0.1, 0.15) is 0 Å². The Labute approximate surface area is 143 Å². The maximum absolute atomic E-state index is 13.3. The Kier molecular flexibility index (Phi) is 3.28. The molecule has 4 atom stereocenters. The summed E-state index contributed by atoms with van der Waals surface area (Å²) in [4.78, 5) is 26.6. The third-order valence-corrected chi connectivity index (χ3v) is 6.70. The summed E-state index contributed by atoms with van der Waals surface area (Å²) in [6.45, 7) is 8.18. The van der Waals surface area contributed by atoms with Crippen LogP contribution in [0, 0.1) is 49.9 Å². The van der Waals surface area contributed by atoms with E-state index in [-0.39, 0.29) is 11.8 Å². The number of imide groups is 1. The fourth-order valence-electron chi connectivity index (χ4n) is 5.69. The topological polar surface area (TPSA) is 37.4 Å². The number of carbonyl (C=O) groups is 2. The van der Waals surface area contributed by atoms with Gasteiger partial charge in [0.2, 0.25) is 12.3 Å². The van der Waals surface area contributed by atoms with Gasteiger partial charge < -0.3 is 0 Å². The summed E-state index contributed by atoms with van der Waals surface area (Å²) >= 11 is 0. The van der Waals surface area contributed by atoms with Gasteiger partial charge >= 0.3 is 0 Å². The lowest BCUT2D eigenvalue weighted by Crippen LogP contribution is -2.40. The van der Waals surface area contributed by atoms with Crippen molar-refractivity contribution in [3.63, 3.8) is 0 Å². The third-order valence-electron chi connectivity index (χ3n) is 6.70. The molecule has 0 heterocycles. The summed E-state index contributed by atoms with van der Waals surface area (Å²) in [5, 5.41) is 0. The Morgan fingerprint density at radius 2 is 1.71 bits per heavy atom. The van der Waals surface area contributed by atoms with Crippen LogP contribution < -0.4 is 4.90 Å². The lowest BCUT2D eigenvalue weighted by Gasteiger charge is -2.29. The van der Waals surface area contributed by atoms with Crippen LogP contribution in [0.2, 0.25) is 0 Å². The van der Waals surface area contributed by atoms with Crippen molar-refractivity contribution in [1.29, 1.82) is 0 Å². The summed E-state index contributed by atoms with van der Waals surface area (Å²) in [6, 6.07) is 4.08. The van der Waals surface area contributed by atoms with Gasteiger partial charge in [-0.3, -0.25) is 14.5 Å². The third kappa shape index (κ3) is 1.90. The molecule has 24 heavy (non-hydrogen) atoms. The first-order valence-electron chi connectivity index (χ1n) is 8.95. The first kappa shape index (κ1) is 15.6. The van der Waals surface area contributed by atoms with E-state index in [1.54, 1.807) is 0 Å². The number of carbonyl (C=O) groups excluding carboxylic acids is 2. The van der Waals surface area contributed by atoms with Gasteiger partial charge in [0.25, 0.3) is 0 Å². The molecule has 1 spiro atoms. The number of amides is 2. The summed E-state index contributed by atoms with van der Waals surface area (Å²) in [5.74, 6) is 1.08. The Morgan fingerprint density at radius 1 is 1.12 bits per heavy atom. The van der Waals surface area contributed by atoms with Gasteiger partial charge in [-0.2, -0.15) is 0 Å². The van der Waals surface area contributed by atoms with Crippen molar-refractivity contribution in [2.75, 3.05) is 4.90 Å². The number of hydrogen-bond acceptors (Lipinski definition) is 2. The second-order valence-corrected chi connectivity index (χ2v) is 8.12. The standard InChI is InChI=1S/C21H25NO2/c1-12-9-13(2)19(14(3)10-12)22(11-23)20(24)18-15(4)16-5-6-17(18)21(16)7-8-21/h5-6,9-11,15-18H,7-8H2,1-4H3/t15-,16+,17-,18+/m1/s1. The molecule has 0 unspecified atom stereocenters. The van der Waals surface area contributed by atoms with Crippen molar-refractivity contribution in [1.82, 2.24) is 0 Å². The summed E-state index contributed by atoms with van der Waals surface area (Å²) in [7, 11) is 0. The maximum Gasteiger partial charge on any atom is 0.237 e. The molecule has 0 saturated heterocycles. The predicted molar refractivity (Wildman–Crippen MR) is 94.6 cm³/mol. The molecule has 2 saturated carbocycles. The van der Waals surface area contributed by atoms with Gasteiger partial charge in [-0.1, -0.05) is 36.8 Å². The summed E-state index contributed by atoms with van der Waals surface area (Å²) in [5.41, 5.74) is 4.23. The number of anilines is 1. The molecule has 126 valence electrons. The highest BCUT2D eigenvalue weighted by Crippen LogP contribution is 2.72. The SMILES string of the molecule is Cc1cc(C)c(N(C=O)C(=O)[C@H]2[C@H](C)[C@@H]3C=C[C@H]2C32CC2)c(C)c1. The van der Waals surface area contributed by atoms with Crippen LogP contribution in [-0.4, -0.2) is 12.3 Å². The van der Waals surface area contributed by atoms with Crippen LogP contribution in [0.4, 0.5) is 5.69 Å². The number of benzene rings is 1. The van der Waals surface area contributed by atoms with Crippen LogP contribution in [0.1, 0.15) is 36.5 Å². The molecule has 2 amide bonds. The molecular weight excluding hydrogens is 298 g/mol. The number of rotatable bonds is 3. The Hall–Kier alpha value is -1.90. The van der Waals surface area contributed by atoms with Crippen molar-refractivity contribution >= 4 is 18.0 Å². The summed E-state index contributed by atoms with van der Waals surface area (Å²) in [6.07, 6.45) is 7.74. The minimum atomic E-state index is -0.0622. The first-order chi connectivity index (χ1) is 11.4. The van der Waals surface area contributed by atoms with Gasteiger partial charge in [-0.05, 0) is 67.9 Å². The zero-order valence-corrected chi connectivity index (χ0v) is 14.9. The van der Waals surface area contributed by atoms with Gasteiger partial charge in [0.05, 0.1) is 5.69 Å². The quantitative estimate of drug-likeness (QED) is 0.624. The predicted octanol–water partition coefficient (Wildman–Crippen LogP) is 3.95. The van der Waals surface area contributed by atoms with Gasteiger partial charge in [0.15, 0.2) is 0 Å². The molecule has 2 bridgehead atoms. The van der Waals surface area contributed by atoms with Crippen molar-refractivity contribution in [3.05, 3.63) is 41.0 Å². The Balaban J connectivity index is 1.71. The van der Waals surface area contributed by atoms with E-state index in [4.69, 9.17) is 0 Å². The lowest BCUT2D eigenvalue weighted by molar-refractivity contribution is -0.126. The molecule has 3 aliphatic rings. The van der Waals surface area contributed by atoms with Crippen molar-refractivity contribution in [2.45, 2.75) is 40.5 Å². The van der Waals surface area contributed by atoms with Crippen LogP contribution in [0.5, 0.6) is 0 Å². The van der Waals surface area contributed by atoms with Crippen LogP contribution in [0.3, 0.4) is 0 Å². The second-order valence-electron chi connectivity index (χ2n) is 8.12. The first-order valence-corrected chi connectivity index (χ1v) is 8.95. The van der Waals surface area contributed by atoms with Crippen LogP contribution in [0.15, 0.2) is 24.3 Å². The molecule has 0 radical (unpaired) electrons. The van der Waals surface area contributed by atoms with E-state index in [1.807, 2.05) is 32.9 Å². The molecule has 1 aromatic rings. The fourth-order valence-corrected chi connectivity index (χ4v) is 5.69. The smallest absolute Gasteiger partial charge is 0.237 e. The monoisotopic (exact) mass is 323 g/mol. The summed E-state index contributed by atoms with van der Waals surface area (Å²) < 4.78 is 0. The molecule has 3 nitrogen and oxygen atoms in total. The zero-order valence-electron chi connectivity index (χ0n) is 14.9. The number of allylic oxidation sites excluding steroid dienone is 2. The molecule has 0 aliphatic heterocycles. The minimum absolute atomic E-state index is 0.0179. The molecule has 2 fully saturated rings. The number of aryl methyl sites for hydroxylation is 3. The molecule has 1 aromatic carbocycles. The maximum atomic E-state index is 13.3. The van der Waals surface area contributed by atoms with Crippen molar-refractivity contribution < 1.29 is 9.59 Å². The molecule has 0 aromatic heterocycles. The normalized spacial score (nSPS) is 31.5. The van der Waals surface area contributed by atoms with E-state index >= 15 is 0 Å². The van der Waals surface area contributed by atoms with Crippen LogP contribution in [-0.2, 0) is 9.59 Å². The zero-order chi connectivity index (χ0) is 17.2. The van der Waals surface area contributed by atoms with Crippen LogP contribution in [0.25, 0.3) is 0 Å². The highest BCUT2D eigenvalue weighted by molar-refractivity contribution is 6.09. The van der Waals surface area contributed by atoms with E-state index in [0.717, 1.165) is 28.8 Å².